The minimum atomic E-state index is -0.424. The fraction of sp³-hybridized carbons (Fsp3) is 0.291. The molecule has 448 valence electrons. The van der Waals surface area contributed by atoms with Crippen LogP contribution in [0, 0.1) is 0 Å². The summed E-state index contributed by atoms with van der Waals surface area (Å²) in [5.74, 6) is 1.27. The first-order valence-electron chi connectivity index (χ1n) is 32.0. The van der Waals surface area contributed by atoms with Gasteiger partial charge in [0.1, 0.15) is 16.7 Å². The number of hydrogen-bond donors (Lipinski definition) is 0. The molecule has 11 heteroatoms. The average molecular weight is 1190 g/mol. The van der Waals surface area contributed by atoms with E-state index in [0.717, 1.165) is 125 Å². The molecule has 12 aromatic rings. The minimum absolute atomic E-state index is 0.0221. The molecular formula is C79H71N5O6. The molecule has 0 fully saturated rings. The van der Waals surface area contributed by atoms with Crippen LogP contribution < -0.4 is 26.7 Å². The quantitative estimate of drug-likeness (QED) is 0.106. The SMILES string of the molecule is CCCc1ccc2c(ccc3oc(=O)c(-c4ccc(-c5nc(-c6cccc(-c7cc8cc9c%10c(c8oc7=O)C(C)(C)CCN%10CCC9(C)C)c6)nc(-c6ccc7cc(-c8cc9cc%10c%11c(c9oc8=O)C(C)(C)CCN%11CCC%10(C)C)ccc7c6)n5)cc4)cc32)c1. The maximum Gasteiger partial charge on any atom is 0.344 e. The van der Waals surface area contributed by atoms with Gasteiger partial charge in [-0.2, -0.15) is 0 Å². The summed E-state index contributed by atoms with van der Waals surface area (Å²) in [6, 6.07) is 48.6. The van der Waals surface area contributed by atoms with Gasteiger partial charge in [-0.25, -0.2) is 29.3 Å². The lowest BCUT2D eigenvalue weighted by Gasteiger charge is -2.48. The number of rotatable bonds is 8. The highest BCUT2D eigenvalue weighted by atomic mass is 16.4. The molecule has 0 amide bonds. The smallest absolute Gasteiger partial charge is 0.344 e. The molecule has 0 radical (unpaired) electrons. The molecule has 0 saturated heterocycles. The number of nitrogens with zero attached hydrogens (tertiary/aromatic N) is 5. The molecule has 0 saturated carbocycles. The molecule has 4 aliphatic rings. The molecule has 90 heavy (non-hydrogen) atoms. The summed E-state index contributed by atoms with van der Waals surface area (Å²) in [5.41, 5.74) is 14.7. The Kier molecular flexibility index (Phi) is 12.4. The number of aromatic nitrogens is 3. The van der Waals surface area contributed by atoms with Gasteiger partial charge in [-0.3, -0.25) is 0 Å². The van der Waals surface area contributed by atoms with Crippen LogP contribution in [0.5, 0.6) is 0 Å². The van der Waals surface area contributed by atoms with Crippen molar-refractivity contribution in [3.05, 3.63) is 205 Å². The molecule has 0 bridgehead atoms. The van der Waals surface area contributed by atoms with Gasteiger partial charge in [-0.05, 0) is 163 Å². The Morgan fingerprint density at radius 1 is 0.400 bits per heavy atom. The van der Waals surface area contributed by atoms with E-state index in [1.165, 1.54) is 28.1 Å². The molecule has 11 nitrogen and oxygen atoms in total. The summed E-state index contributed by atoms with van der Waals surface area (Å²) in [6.45, 7) is 24.5. The number of hydrogen-bond acceptors (Lipinski definition) is 11. The van der Waals surface area contributed by atoms with E-state index < -0.39 is 11.3 Å². The third-order valence-corrected chi connectivity index (χ3v) is 20.7. The standard InChI is InChI=1S/C79H71N5O6/c1-10-12-44-15-25-56-50(35-44)24-26-63-60(56)43-59(73(85)88-63)45-16-18-46(19-17-45)70-80-71(52-14-11-13-49(38-52)57-39-54-41-61-66-64(68(54)89-74(57)86)78(6,7)29-33-83(66)31-27-76(61,2)3)82-72(81-70)53-23-21-47-36-51(22-20-48(47)37-53)58-40-55-42-62-67-65(69(55)90-75(58)87)79(8,9)30-34-84(67)32-28-77(62,4)5/h11,13-26,35-43H,10,12,27-34H2,1-9H3. The molecular weight excluding hydrogens is 1110 g/mol. The molecule has 0 aliphatic carbocycles. The van der Waals surface area contributed by atoms with Gasteiger partial charge in [0.05, 0.1) is 16.7 Å². The van der Waals surface area contributed by atoms with Crippen LogP contribution in [0.1, 0.15) is 122 Å². The lowest BCUT2D eigenvalue weighted by molar-refractivity contribution is 0.398. The first-order valence-corrected chi connectivity index (χ1v) is 32.0. The van der Waals surface area contributed by atoms with Crippen molar-refractivity contribution in [1.29, 1.82) is 0 Å². The van der Waals surface area contributed by atoms with Crippen LogP contribution in [0.4, 0.5) is 11.4 Å². The Morgan fingerprint density at radius 3 is 1.43 bits per heavy atom. The molecule has 0 N–H and O–H groups in total. The van der Waals surface area contributed by atoms with E-state index in [1.54, 1.807) is 0 Å². The molecule has 0 spiro atoms. The van der Waals surface area contributed by atoms with Crippen LogP contribution in [0.3, 0.4) is 0 Å². The average Bonchev–Trinajstić information content (AvgIpc) is 0.732. The van der Waals surface area contributed by atoms with Crippen molar-refractivity contribution in [2.24, 2.45) is 0 Å². The summed E-state index contributed by atoms with van der Waals surface area (Å²) in [7, 11) is 0. The van der Waals surface area contributed by atoms with Crippen LogP contribution in [-0.4, -0.2) is 41.1 Å². The van der Waals surface area contributed by atoms with E-state index in [4.69, 9.17) is 28.2 Å². The van der Waals surface area contributed by atoms with Crippen molar-refractivity contribution in [3.8, 4) is 67.5 Å². The second-order valence-corrected chi connectivity index (χ2v) is 28.5. The van der Waals surface area contributed by atoms with Gasteiger partial charge in [-0.1, -0.05) is 160 Å². The molecule has 8 heterocycles. The van der Waals surface area contributed by atoms with Crippen molar-refractivity contribution >= 4 is 65.8 Å². The van der Waals surface area contributed by atoms with Gasteiger partial charge in [0.25, 0.3) is 0 Å². The molecule has 0 unspecified atom stereocenters. The van der Waals surface area contributed by atoms with E-state index in [2.05, 4.69) is 115 Å². The van der Waals surface area contributed by atoms with E-state index in [1.807, 2.05) is 103 Å². The fourth-order valence-electron chi connectivity index (χ4n) is 15.3. The van der Waals surface area contributed by atoms with Crippen molar-refractivity contribution in [2.75, 3.05) is 36.0 Å². The van der Waals surface area contributed by atoms with E-state index in [9.17, 15) is 14.4 Å². The van der Waals surface area contributed by atoms with Crippen molar-refractivity contribution in [1.82, 2.24) is 15.0 Å². The first kappa shape index (κ1) is 55.8. The number of aryl methyl sites for hydroxylation is 1. The molecule has 8 aromatic carbocycles. The normalized spacial score (nSPS) is 16.9. The number of fused-ring (bicyclic) bond motifs is 8. The fourth-order valence-corrected chi connectivity index (χ4v) is 15.3. The molecule has 4 aliphatic heterocycles. The lowest BCUT2D eigenvalue weighted by atomic mass is 9.69. The summed E-state index contributed by atoms with van der Waals surface area (Å²) >= 11 is 0. The lowest BCUT2D eigenvalue weighted by Crippen LogP contribution is -2.44. The largest absolute Gasteiger partial charge is 0.422 e. The summed E-state index contributed by atoms with van der Waals surface area (Å²) in [6.07, 6.45) is 6.11. The predicted octanol–water partition coefficient (Wildman–Crippen LogP) is 17.8. The summed E-state index contributed by atoms with van der Waals surface area (Å²) in [4.78, 5) is 63.1. The highest BCUT2D eigenvalue weighted by Gasteiger charge is 2.44. The Labute approximate surface area is 522 Å². The second-order valence-electron chi connectivity index (χ2n) is 28.5. The predicted molar refractivity (Wildman–Crippen MR) is 365 cm³/mol. The molecule has 16 rings (SSSR count). The Morgan fingerprint density at radius 2 is 0.856 bits per heavy atom. The van der Waals surface area contributed by atoms with Crippen LogP contribution in [0.15, 0.2) is 173 Å². The first-order chi connectivity index (χ1) is 43.2. The molecule has 4 aromatic heterocycles. The van der Waals surface area contributed by atoms with Gasteiger partial charge in [0.15, 0.2) is 17.5 Å². The Bertz CT molecular complexity index is 5250. The zero-order chi connectivity index (χ0) is 61.9. The zero-order valence-electron chi connectivity index (χ0n) is 52.6. The number of anilines is 2. The molecule has 0 atom stereocenters. The van der Waals surface area contributed by atoms with Crippen LogP contribution in [0.25, 0.3) is 122 Å². The topological polar surface area (TPSA) is 136 Å². The maximum atomic E-state index is 14.5. The number of benzene rings is 8. The van der Waals surface area contributed by atoms with E-state index in [0.29, 0.717) is 73.2 Å². The summed E-state index contributed by atoms with van der Waals surface area (Å²) < 4.78 is 18.9. The van der Waals surface area contributed by atoms with Gasteiger partial charge >= 0.3 is 16.9 Å². The monoisotopic (exact) mass is 1190 g/mol. The third kappa shape index (κ3) is 8.96. The summed E-state index contributed by atoms with van der Waals surface area (Å²) in [5, 5.41) is 6.72. The Hall–Kier alpha value is -9.48. The zero-order valence-corrected chi connectivity index (χ0v) is 52.6. The van der Waals surface area contributed by atoms with E-state index >= 15 is 0 Å². The van der Waals surface area contributed by atoms with Crippen LogP contribution >= 0.6 is 0 Å². The van der Waals surface area contributed by atoms with Crippen molar-refractivity contribution in [3.63, 3.8) is 0 Å². The van der Waals surface area contributed by atoms with Gasteiger partial charge < -0.3 is 23.1 Å². The van der Waals surface area contributed by atoms with Crippen LogP contribution in [-0.2, 0) is 28.1 Å². The second kappa shape index (κ2) is 20.0. The highest BCUT2D eigenvalue weighted by molar-refractivity contribution is 6.07. The highest BCUT2D eigenvalue weighted by Crippen LogP contribution is 2.54. The Balaban J connectivity index is 0.801. The van der Waals surface area contributed by atoms with Crippen molar-refractivity contribution < 1.29 is 13.3 Å². The van der Waals surface area contributed by atoms with Gasteiger partial charge in [0.2, 0.25) is 0 Å². The van der Waals surface area contributed by atoms with Gasteiger partial charge in [0, 0.05) is 81.5 Å². The maximum absolute atomic E-state index is 14.5. The van der Waals surface area contributed by atoms with E-state index in [-0.39, 0.29) is 27.3 Å². The van der Waals surface area contributed by atoms with Crippen LogP contribution in [0.2, 0.25) is 0 Å². The van der Waals surface area contributed by atoms with Crippen molar-refractivity contribution in [2.45, 2.75) is 122 Å². The van der Waals surface area contributed by atoms with Gasteiger partial charge in [-0.15, -0.1) is 0 Å². The minimum Gasteiger partial charge on any atom is -0.422 e. The third-order valence-electron chi connectivity index (χ3n) is 20.7.